The first-order valence-corrected chi connectivity index (χ1v) is 6.82. The molecule has 18 heavy (non-hydrogen) atoms. The number of nitrogens with two attached hydrogens (primary N) is 1. The molecular formula is C14H21ClN2O. The molecule has 0 amide bonds. The molecule has 1 unspecified atom stereocenters. The number of rotatable bonds is 6. The van der Waals surface area contributed by atoms with Crippen molar-refractivity contribution < 1.29 is 4.74 Å². The highest BCUT2D eigenvalue weighted by Crippen LogP contribution is 2.38. The molecule has 3 nitrogen and oxygen atoms in total. The van der Waals surface area contributed by atoms with Gasteiger partial charge in [-0.1, -0.05) is 11.6 Å². The molecule has 1 atom stereocenters. The van der Waals surface area contributed by atoms with Crippen molar-refractivity contribution in [2.24, 2.45) is 5.92 Å². The van der Waals surface area contributed by atoms with E-state index in [1.807, 2.05) is 18.2 Å². The van der Waals surface area contributed by atoms with Gasteiger partial charge in [0.05, 0.1) is 18.0 Å². The summed E-state index contributed by atoms with van der Waals surface area (Å²) in [5.74, 6) is 0.778. The summed E-state index contributed by atoms with van der Waals surface area (Å²) in [6.07, 6.45) is 2.62. The number of hydrogen-bond donors (Lipinski definition) is 1. The second kappa shape index (κ2) is 5.81. The van der Waals surface area contributed by atoms with Crippen molar-refractivity contribution >= 4 is 23.0 Å². The van der Waals surface area contributed by atoms with Crippen LogP contribution in [-0.4, -0.2) is 26.3 Å². The zero-order valence-electron chi connectivity index (χ0n) is 11.0. The van der Waals surface area contributed by atoms with E-state index < -0.39 is 0 Å². The van der Waals surface area contributed by atoms with Crippen molar-refractivity contribution in [1.29, 1.82) is 0 Å². The summed E-state index contributed by atoms with van der Waals surface area (Å²) in [5, 5.41) is 0.726. The number of halogens is 1. The standard InChI is InChI=1S/C14H21ClN2O/c1-10(11-3-4-11)17(7-8-18-2)14-9-12(15)5-6-13(14)16/h5-6,9-11H,3-4,7-8,16H2,1-2H3. The first-order chi connectivity index (χ1) is 8.63. The van der Waals surface area contributed by atoms with E-state index in [1.165, 1.54) is 12.8 Å². The molecule has 1 aliphatic rings. The lowest BCUT2D eigenvalue weighted by atomic mass is 10.1. The molecule has 2 rings (SSSR count). The third-order valence-corrected chi connectivity index (χ3v) is 3.87. The molecule has 0 radical (unpaired) electrons. The van der Waals surface area contributed by atoms with Gasteiger partial charge in [0.1, 0.15) is 0 Å². The van der Waals surface area contributed by atoms with Crippen LogP contribution in [0.15, 0.2) is 18.2 Å². The van der Waals surface area contributed by atoms with Crippen LogP contribution in [0.1, 0.15) is 19.8 Å². The summed E-state index contributed by atoms with van der Waals surface area (Å²) < 4.78 is 5.20. The zero-order valence-corrected chi connectivity index (χ0v) is 11.8. The van der Waals surface area contributed by atoms with Gasteiger partial charge in [-0.25, -0.2) is 0 Å². The van der Waals surface area contributed by atoms with Crippen LogP contribution in [0.25, 0.3) is 0 Å². The Morgan fingerprint density at radius 1 is 1.50 bits per heavy atom. The van der Waals surface area contributed by atoms with Gasteiger partial charge in [0.2, 0.25) is 0 Å². The molecule has 0 heterocycles. The molecule has 100 valence electrons. The third-order valence-electron chi connectivity index (χ3n) is 3.63. The Kier molecular flexibility index (Phi) is 4.36. The minimum atomic E-state index is 0.487. The average Bonchev–Trinajstić information content (AvgIpc) is 3.17. The fraction of sp³-hybridized carbons (Fsp3) is 0.571. The van der Waals surface area contributed by atoms with Crippen LogP contribution in [0, 0.1) is 5.92 Å². The van der Waals surface area contributed by atoms with Gasteiger partial charge >= 0.3 is 0 Å². The molecule has 1 aliphatic carbocycles. The van der Waals surface area contributed by atoms with Crippen molar-refractivity contribution in [2.45, 2.75) is 25.8 Å². The zero-order chi connectivity index (χ0) is 13.1. The molecule has 0 aromatic heterocycles. The van der Waals surface area contributed by atoms with Gasteiger partial charge in [0, 0.05) is 24.7 Å². The molecular weight excluding hydrogens is 248 g/mol. The number of nitrogen functional groups attached to an aromatic ring is 1. The Hall–Kier alpha value is -0.930. The summed E-state index contributed by atoms with van der Waals surface area (Å²) in [6, 6.07) is 6.14. The van der Waals surface area contributed by atoms with E-state index in [4.69, 9.17) is 22.1 Å². The second-order valence-electron chi connectivity index (χ2n) is 4.97. The molecule has 0 bridgehead atoms. The summed E-state index contributed by atoms with van der Waals surface area (Å²) >= 11 is 6.08. The molecule has 0 saturated heterocycles. The largest absolute Gasteiger partial charge is 0.397 e. The maximum atomic E-state index is 6.08. The van der Waals surface area contributed by atoms with Crippen molar-refractivity contribution in [1.82, 2.24) is 0 Å². The summed E-state index contributed by atoms with van der Waals surface area (Å²) in [6.45, 7) is 3.80. The monoisotopic (exact) mass is 268 g/mol. The van der Waals surface area contributed by atoms with Crippen LogP contribution in [-0.2, 0) is 4.74 Å². The fourth-order valence-electron chi connectivity index (χ4n) is 2.33. The van der Waals surface area contributed by atoms with Crippen LogP contribution >= 0.6 is 11.6 Å². The predicted octanol–water partition coefficient (Wildman–Crippen LogP) is 3.17. The second-order valence-corrected chi connectivity index (χ2v) is 5.40. The molecule has 0 aliphatic heterocycles. The Bertz CT molecular complexity index is 407. The van der Waals surface area contributed by atoms with Crippen molar-refractivity contribution in [2.75, 3.05) is 30.9 Å². The van der Waals surface area contributed by atoms with Crippen molar-refractivity contribution in [3.05, 3.63) is 23.2 Å². The van der Waals surface area contributed by atoms with Crippen LogP contribution in [0.3, 0.4) is 0 Å². The number of methoxy groups -OCH3 is 1. The number of hydrogen-bond acceptors (Lipinski definition) is 3. The molecule has 4 heteroatoms. The van der Waals surface area contributed by atoms with Crippen LogP contribution in [0.5, 0.6) is 0 Å². The van der Waals surface area contributed by atoms with Crippen molar-refractivity contribution in [3.8, 4) is 0 Å². The highest BCUT2D eigenvalue weighted by atomic mass is 35.5. The Balaban J connectivity index is 2.22. The van der Waals surface area contributed by atoms with Gasteiger partial charge in [-0.2, -0.15) is 0 Å². The van der Waals surface area contributed by atoms with E-state index in [-0.39, 0.29) is 0 Å². The fourth-order valence-corrected chi connectivity index (χ4v) is 2.50. The molecule has 2 N–H and O–H groups in total. The van der Waals surface area contributed by atoms with Crippen LogP contribution in [0.4, 0.5) is 11.4 Å². The third kappa shape index (κ3) is 3.09. The molecule has 1 fully saturated rings. The van der Waals surface area contributed by atoms with Gasteiger partial charge in [-0.05, 0) is 43.9 Å². The molecule has 1 aromatic rings. The Morgan fingerprint density at radius 2 is 2.22 bits per heavy atom. The van der Waals surface area contributed by atoms with Gasteiger partial charge in [0.15, 0.2) is 0 Å². The number of benzene rings is 1. The normalized spacial score (nSPS) is 16.6. The highest BCUT2D eigenvalue weighted by molar-refractivity contribution is 6.31. The molecule has 1 saturated carbocycles. The van der Waals surface area contributed by atoms with E-state index in [0.29, 0.717) is 12.6 Å². The summed E-state index contributed by atoms with van der Waals surface area (Å²) in [5.41, 5.74) is 7.89. The average molecular weight is 269 g/mol. The minimum Gasteiger partial charge on any atom is -0.397 e. The maximum Gasteiger partial charge on any atom is 0.0637 e. The minimum absolute atomic E-state index is 0.487. The van der Waals surface area contributed by atoms with Crippen LogP contribution < -0.4 is 10.6 Å². The first kappa shape index (κ1) is 13.5. The summed E-state index contributed by atoms with van der Waals surface area (Å²) in [4.78, 5) is 2.32. The number of anilines is 2. The Morgan fingerprint density at radius 3 is 2.83 bits per heavy atom. The molecule has 0 spiro atoms. The quantitative estimate of drug-likeness (QED) is 0.806. The van der Waals surface area contributed by atoms with E-state index >= 15 is 0 Å². The van der Waals surface area contributed by atoms with E-state index in [9.17, 15) is 0 Å². The van der Waals surface area contributed by atoms with Crippen LogP contribution in [0.2, 0.25) is 5.02 Å². The SMILES string of the molecule is COCCN(c1cc(Cl)ccc1N)C(C)C1CC1. The molecule has 1 aromatic carbocycles. The van der Waals surface area contributed by atoms with Gasteiger partial charge in [-0.3, -0.25) is 0 Å². The highest BCUT2D eigenvalue weighted by Gasteiger charge is 2.32. The number of ether oxygens (including phenoxy) is 1. The number of nitrogens with zero attached hydrogens (tertiary/aromatic N) is 1. The van der Waals surface area contributed by atoms with E-state index in [2.05, 4.69) is 11.8 Å². The smallest absolute Gasteiger partial charge is 0.0637 e. The lowest BCUT2D eigenvalue weighted by Gasteiger charge is -2.32. The topological polar surface area (TPSA) is 38.5 Å². The lowest BCUT2D eigenvalue weighted by molar-refractivity contribution is 0.203. The summed E-state index contributed by atoms with van der Waals surface area (Å²) in [7, 11) is 1.72. The first-order valence-electron chi connectivity index (χ1n) is 6.44. The Labute approximate surface area is 114 Å². The van der Waals surface area contributed by atoms with Gasteiger partial charge in [-0.15, -0.1) is 0 Å². The lowest BCUT2D eigenvalue weighted by Crippen LogP contribution is -2.37. The van der Waals surface area contributed by atoms with Gasteiger partial charge in [0.25, 0.3) is 0 Å². The van der Waals surface area contributed by atoms with Crippen molar-refractivity contribution in [3.63, 3.8) is 0 Å². The maximum absolute atomic E-state index is 6.08. The van der Waals surface area contributed by atoms with E-state index in [1.54, 1.807) is 7.11 Å². The van der Waals surface area contributed by atoms with E-state index in [0.717, 1.165) is 28.9 Å². The predicted molar refractivity (Wildman–Crippen MR) is 77.3 cm³/mol. The van der Waals surface area contributed by atoms with Gasteiger partial charge < -0.3 is 15.4 Å².